The minimum Gasteiger partial charge on any atom is -0.482 e. The lowest BCUT2D eigenvalue weighted by atomic mass is 10.2. The largest absolute Gasteiger partial charge is 0.482 e. The summed E-state index contributed by atoms with van der Waals surface area (Å²) in [4.78, 5) is 2.36. The Bertz CT molecular complexity index is 544. The molecule has 0 aliphatic rings. The van der Waals surface area contributed by atoms with Gasteiger partial charge in [0.25, 0.3) is 0 Å². The van der Waals surface area contributed by atoms with Crippen LogP contribution < -0.4 is 10.5 Å². The number of thiophene rings is 1. The van der Waals surface area contributed by atoms with E-state index in [1.165, 1.54) is 4.88 Å². The fourth-order valence-electron chi connectivity index (χ4n) is 1.57. The summed E-state index contributed by atoms with van der Waals surface area (Å²) >= 11 is 11.2. The molecular formula is C13H13BrClNOS. The molecule has 1 atom stereocenters. The Morgan fingerprint density at radius 1 is 1.39 bits per heavy atom. The Labute approximate surface area is 124 Å². The van der Waals surface area contributed by atoms with Crippen molar-refractivity contribution in [2.45, 2.75) is 13.0 Å². The molecule has 96 valence electrons. The number of aryl methyl sites for hydroxylation is 1. The topological polar surface area (TPSA) is 35.2 Å². The highest BCUT2D eigenvalue weighted by Crippen LogP contribution is 2.33. The molecular weight excluding hydrogens is 334 g/mol. The zero-order chi connectivity index (χ0) is 13.1. The van der Waals surface area contributed by atoms with Crippen molar-refractivity contribution in [2.24, 2.45) is 5.73 Å². The smallest absolute Gasteiger partial charge is 0.145 e. The number of hydrogen-bond donors (Lipinski definition) is 1. The second kappa shape index (κ2) is 6.06. The number of ether oxygens (including phenoxy) is 1. The van der Waals surface area contributed by atoms with Crippen LogP contribution in [-0.2, 0) is 0 Å². The van der Waals surface area contributed by atoms with E-state index in [9.17, 15) is 0 Å². The summed E-state index contributed by atoms with van der Waals surface area (Å²) in [5.41, 5.74) is 5.77. The molecule has 1 unspecified atom stereocenters. The van der Waals surface area contributed by atoms with E-state index in [1.807, 2.05) is 24.3 Å². The highest BCUT2D eigenvalue weighted by Gasteiger charge is 2.15. The van der Waals surface area contributed by atoms with E-state index in [4.69, 9.17) is 22.1 Å². The molecule has 0 bridgehead atoms. The monoisotopic (exact) mass is 345 g/mol. The fraction of sp³-hybridized carbons (Fsp3) is 0.231. The van der Waals surface area contributed by atoms with Crippen LogP contribution in [0, 0.1) is 6.92 Å². The highest BCUT2D eigenvalue weighted by molar-refractivity contribution is 9.10. The van der Waals surface area contributed by atoms with E-state index in [0.29, 0.717) is 17.3 Å². The molecule has 0 saturated carbocycles. The van der Waals surface area contributed by atoms with E-state index in [-0.39, 0.29) is 6.10 Å². The van der Waals surface area contributed by atoms with E-state index in [1.54, 1.807) is 11.3 Å². The second-order valence-corrected chi connectivity index (χ2v) is 6.51. The summed E-state index contributed by atoms with van der Waals surface area (Å²) in [5, 5.41) is 0.580. The summed E-state index contributed by atoms with van der Waals surface area (Å²) in [7, 11) is 0. The lowest BCUT2D eigenvalue weighted by Crippen LogP contribution is -2.17. The molecule has 0 aliphatic heterocycles. The molecule has 0 aliphatic carbocycles. The summed E-state index contributed by atoms with van der Waals surface area (Å²) < 4.78 is 6.81. The van der Waals surface area contributed by atoms with Crippen LogP contribution >= 0.6 is 38.9 Å². The van der Waals surface area contributed by atoms with Gasteiger partial charge in [-0.15, -0.1) is 11.3 Å². The van der Waals surface area contributed by atoms with Crippen molar-refractivity contribution in [1.29, 1.82) is 0 Å². The van der Waals surface area contributed by atoms with E-state index < -0.39 is 0 Å². The predicted octanol–water partition coefficient (Wildman–Crippen LogP) is 4.55. The van der Waals surface area contributed by atoms with Crippen LogP contribution in [0.5, 0.6) is 5.75 Å². The van der Waals surface area contributed by atoms with Crippen LogP contribution in [0.2, 0.25) is 5.02 Å². The van der Waals surface area contributed by atoms with Gasteiger partial charge in [0.2, 0.25) is 0 Å². The first-order valence-corrected chi connectivity index (χ1v) is 7.47. The molecule has 18 heavy (non-hydrogen) atoms. The second-order valence-electron chi connectivity index (χ2n) is 3.87. The fourth-order valence-corrected chi connectivity index (χ4v) is 3.21. The molecule has 0 radical (unpaired) electrons. The van der Waals surface area contributed by atoms with Gasteiger partial charge in [-0.1, -0.05) is 27.5 Å². The Morgan fingerprint density at radius 2 is 2.17 bits per heavy atom. The maximum atomic E-state index is 6.13. The summed E-state index contributed by atoms with van der Waals surface area (Å²) in [6.07, 6.45) is -0.151. The van der Waals surface area contributed by atoms with Crippen LogP contribution in [0.15, 0.2) is 34.8 Å². The third-order valence-electron chi connectivity index (χ3n) is 2.46. The molecule has 0 amide bonds. The number of benzene rings is 1. The van der Waals surface area contributed by atoms with Crippen LogP contribution in [-0.4, -0.2) is 6.54 Å². The quantitative estimate of drug-likeness (QED) is 0.881. The first-order valence-electron chi connectivity index (χ1n) is 5.48. The molecule has 2 nitrogen and oxygen atoms in total. The third kappa shape index (κ3) is 3.26. The maximum absolute atomic E-state index is 6.13. The van der Waals surface area contributed by atoms with Crippen molar-refractivity contribution < 1.29 is 4.74 Å². The van der Waals surface area contributed by atoms with Gasteiger partial charge < -0.3 is 10.5 Å². The molecule has 0 fully saturated rings. The minimum absolute atomic E-state index is 0.151. The summed E-state index contributed by atoms with van der Waals surface area (Å²) in [6, 6.07) is 9.66. The number of rotatable bonds is 4. The van der Waals surface area contributed by atoms with E-state index in [2.05, 4.69) is 28.9 Å². The number of hydrogen-bond acceptors (Lipinski definition) is 3. The molecule has 1 aromatic heterocycles. The van der Waals surface area contributed by atoms with Gasteiger partial charge >= 0.3 is 0 Å². The Kier molecular flexibility index (Phi) is 4.67. The Morgan fingerprint density at radius 3 is 2.72 bits per heavy atom. The average molecular weight is 347 g/mol. The zero-order valence-electron chi connectivity index (χ0n) is 9.82. The van der Waals surface area contributed by atoms with Gasteiger partial charge in [-0.05, 0) is 37.3 Å². The standard InChI is InChI=1S/C13H13BrClNOS/c1-8-2-5-13(18-8)12(7-16)17-11-4-3-9(14)6-10(11)15/h2-6,12H,7,16H2,1H3. The van der Waals surface area contributed by atoms with Crippen molar-refractivity contribution in [3.63, 3.8) is 0 Å². The van der Waals surface area contributed by atoms with Crippen molar-refractivity contribution in [2.75, 3.05) is 6.54 Å². The van der Waals surface area contributed by atoms with Crippen molar-refractivity contribution in [3.05, 3.63) is 49.6 Å². The van der Waals surface area contributed by atoms with E-state index in [0.717, 1.165) is 9.35 Å². The van der Waals surface area contributed by atoms with Crippen LogP contribution in [0.1, 0.15) is 15.9 Å². The zero-order valence-corrected chi connectivity index (χ0v) is 13.0. The number of nitrogens with two attached hydrogens (primary N) is 1. The molecule has 0 spiro atoms. The number of halogens is 2. The van der Waals surface area contributed by atoms with Gasteiger partial charge in [-0.2, -0.15) is 0 Å². The Balaban J connectivity index is 2.20. The first kappa shape index (κ1) is 13.9. The van der Waals surface area contributed by atoms with Gasteiger partial charge in [0.1, 0.15) is 11.9 Å². The summed E-state index contributed by atoms with van der Waals surface area (Å²) in [5.74, 6) is 0.654. The van der Waals surface area contributed by atoms with Crippen molar-refractivity contribution in [3.8, 4) is 5.75 Å². The molecule has 2 rings (SSSR count). The summed E-state index contributed by atoms with van der Waals surface area (Å²) in [6.45, 7) is 2.49. The van der Waals surface area contributed by atoms with E-state index >= 15 is 0 Å². The predicted molar refractivity (Wildman–Crippen MR) is 80.6 cm³/mol. The highest BCUT2D eigenvalue weighted by atomic mass is 79.9. The minimum atomic E-state index is -0.151. The lowest BCUT2D eigenvalue weighted by molar-refractivity contribution is 0.218. The van der Waals surface area contributed by atoms with Gasteiger partial charge in [0.15, 0.2) is 0 Å². The van der Waals surface area contributed by atoms with Crippen LogP contribution in [0.4, 0.5) is 0 Å². The van der Waals surface area contributed by atoms with Crippen molar-refractivity contribution >= 4 is 38.9 Å². The van der Waals surface area contributed by atoms with Crippen molar-refractivity contribution in [1.82, 2.24) is 0 Å². The van der Waals surface area contributed by atoms with Gasteiger partial charge in [0.05, 0.1) is 5.02 Å². The molecule has 0 saturated heterocycles. The molecule has 2 aromatic rings. The third-order valence-corrected chi connectivity index (χ3v) is 4.34. The lowest BCUT2D eigenvalue weighted by Gasteiger charge is -2.17. The SMILES string of the molecule is Cc1ccc(C(CN)Oc2ccc(Br)cc2Cl)s1. The Hall–Kier alpha value is -0.550. The normalized spacial score (nSPS) is 12.4. The molecule has 1 aromatic carbocycles. The van der Waals surface area contributed by atoms with Gasteiger partial charge in [0, 0.05) is 20.8 Å². The molecule has 5 heteroatoms. The van der Waals surface area contributed by atoms with Crippen LogP contribution in [0.25, 0.3) is 0 Å². The van der Waals surface area contributed by atoms with Crippen LogP contribution in [0.3, 0.4) is 0 Å². The first-order chi connectivity index (χ1) is 8.60. The molecule has 1 heterocycles. The maximum Gasteiger partial charge on any atom is 0.145 e. The average Bonchev–Trinajstić information content (AvgIpc) is 2.75. The molecule has 2 N–H and O–H groups in total. The van der Waals surface area contributed by atoms with Gasteiger partial charge in [-0.3, -0.25) is 0 Å². The van der Waals surface area contributed by atoms with Gasteiger partial charge in [-0.25, -0.2) is 0 Å².